The van der Waals surface area contributed by atoms with Crippen LogP contribution in [0.4, 0.5) is 5.69 Å². The van der Waals surface area contributed by atoms with Crippen LogP contribution in [0.15, 0.2) is 102 Å². The molecule has 1 N–H and O–H groups in total. The lowest BCUT2D eigenvalue weighted by Gasteiger charge is -2.34. The van der Waals surface area contributed by atoms with Crippen molar-refractivity contribution in [1.29, 1.82) is 0 Å². The normalized spacial score (nSPS) is 11.8. The van der Waals surface area contributed by atoms with Gasteiger partial charge in [-0.3, -0.25) is 13.9 Å². The average Bonchev–Trinajstić information content (AvgIpc) is 3.06. The van der Waals surface area contributed by atoms with E-state index >= 15 is 0 Å². The number of nitrogens with zero attached hydrogens (tertiary/aromatic N) is 2. The Morgan fingerprint density at radius 1 is 0.867 bits per heavy atom. The first-order valence-corrected chi connectivity index (χ1v) is 16.1. The van der Waals surface area contributed by atoms with Gasteiger partial charge < -0.3 is 19.7 Å². The Morgan fingerprint density at radius 2 is 1.53 bits per heavy atom. The predicted octanol–water partition coefficient (Wildman–Crippen LogP) is 5.59. The average molecular weight is 671 g/mol. The fourth-order valence-electron chi connectivity index (χ4n) is 4.78. The summed E-state index contributed by atoms with van der Waals surface area (Å²) in [5.41, 5.74) is 1.40. The summed E-state index contributed by atoms with van der Waals surface area (Å²) in [5, 5.41) is 3.34. The van der Waals surface area contributed by atoms with Crippen molar-refractivity contribution >= 4 is 50.7 Å². The van der Waals surface area contributed by atoms with Crippen LogP contribution in [-0.2, 0) is 32.6 Å². The van der Waals surface area contributed by atoms with Gasteiger partial charge in [-0.05, 0) is 47.5 Å². The number of likely N-dealkylation sites (N-methyl/N-ethyl adjacent to an activating group) is 1. The summed E-state index contributed by atoms with van der Waals surface area (Å²) in [6.45, 7) is -0.775. The summed E-state index contributed by atoms with van der Waals surface area (Å²) >= 11 is 12.7. The van der Waals surface area contributed by atoms with Gasteiger partial charge in [0, 0.05) is 36.1 Å². The van der Waals surface area contributed by atoms with Gasteiger partial charge in [0.25, 0.3) is 10.0 Å². The zero-order valence-electron chi connectivity index (χ0n) is 24.9. The molecular weight excluding hydrogens is 637 g/mol. The van der Waals surface area contributed by atoms with Crippen LogP contribution in [-0.4, -0.2) is 59.0 Å². The molecule has 4 aromatic carbocycles. The van der Waals surface area contributed by atoms with Crippen molar-refractivity contribution in [3.05, 3.63) is 118 Å². The number of amides is 2. The number of sulfonamides is 1. The second kappa shape index (κ2) is 15.2. The highest BCUT2D eigenvalue weighted by Crippen LogP contribution is 2.36. The topological polar surface area (TPSA) is 105 Å². The molecule has 0 bridgehead atoms. The molecule has 0 aliphatic carbocycles. The van der Waals surface area contributed by atoms with E-state index < -0.39 is 34.4 Å². The van der Waals surface area contributed by atoms with E-state index in [-0.39, 0.29) is 29.3 Å². The quantitative estimate of drug-likeness (QED) is 0.199. The highest BCUT2D eigenvalue weighted by Gasteiger charge is 2.35. The highest BCUT2D eigenvalue weighted by atomic mass is 35.5. The van der Waals surface area contributed by atoms with E-state index in [1.165, 1.54) is 44.4 Å². The van der Waals surface area contributed by atoms with E-state index in [1.54, 1.807) is 48.5 Å². The maximum atomic E-state index is 14.5. The molecule has 0 saturated carbocycles. The molecule has 0 aliphatic heterocycles. The number of anilines is 1. The summed E-state index contributed by atoms with van der Waals surface area (Å²) in [4.78, 5) is 29.2. The first kappa shape index (κ1) is 33.6. The number of benzene rings is 4. The molecule has 0 spiro atoms. The largest absolute Gasteiger partial charge is 0.497 e. The number of hydrogen-bond acceptors (Lipinski definition) is 6. The Balaban J connectivity index is 1.86. The van der Waals surface area contributed by atoms with Crippen LogP contribution in [0, 0.1) is 0 Å². The number of rotatable bonds is 13. The van der Waals surface area contributed by atoms with Crippen LogP contribution in [0.2, 0.25) is 10.0 Å². The lowest BCUT2D eigenvalue weighted by Crippen LogP contribution is -2.53. The van der Waals surface area contributed by atoms with Gasteiger partial charge in [0.2, 0.25) is 11.8 Å². The standard InChI is InChI=1S/C33H33Cl2N3O6S/c1-36-33(40)30(18-23-10-6-4-7-11-23)37(21-24-14-15-25(34)19-28(24)35)32(39)22-38(45(41,42)27-12-8-5-9-13-27)29-20-26(43-2)16-17-31(29)44-3/h4-17,19-20,30H,18,21-22H2,1-3H3,(H,36,40). The van der Waals surface area contributed by atoms with Crippen LogP contribution >= 0.6 is 23.2 Å². The van der Waals surface area contributed by atoms with E-state index in [0.717, 1.165) is 9.87 Å². The minimum atomic E-state index is -4.33. The lowest BCUT2D eigenvalue weighted by molar-refractivity contribution is -0.139. The summed E-state index contributed by atoms with van der Waals surface area (Å²) in [7, 11) is -0.00749. The van der Waals surface area contributed by atoms with Crippen LogP contribution in [0.25, 0.3) is 0 Å². The maximum Gasteiger partial charge on any atom is 0.264 e. The molecule has 45 heavy (non-hydrogen) atoms. The molecule has 0 fully saturated rings. The van der Waals surface area contributed by atoms with Gasteiger partial charge >= 0.3 is 0 Å². The van der Waals surface area contributed by atoms with E-state index in [2.05, 4.69) is 5.32 Å². The van der Waals surface area contributed by atoms with Crippen LogP contribution in [0.3, 0.4) is 0 Å². The van der Waals surface area contributed by atoms with Crippen LogP contribution < -0.4 is 19.1 Å². The third-order valence-corrected chi connectivity index (χ3v) is 9.50. The van der Waals surface area contributed by atoms with Crippen molar-refractivity contribution in [3.8, 4) is 11.5 Å². The molecule has 236 valence electrons. The van der Waals surface area contributed by atoms with Gasteiger partial charge in [-0.2, -0.15) is 0 Å². The first-order chi connectivity index (χ1) is 21.6. The van der Waals surface area contributed by atoms with Gasteiger partial charge in [-0.15, -0.1) is 0 Å². The molecule has 0 heterocycles. The minimum absolute atomic E-state index is 0.0397. The number of ether oxygens (including phenoxy) is 2. The Labute approximate surface area is 273 Å². The fourth-order valence-corrected chi connectivity index (χ4v) is 6.68. The van der Waals surface area contributed by atoms with Crippen molar-refractivity contribution < 1.29 is 27.5 Å². The number of carbonyl (C=O) groups is 2. The molecular formula is C33H33Cl2N3O6S. The van der Waals surface area contributed by atoms with E-state index in [1.807, 2.05) is 30.3 Å². The van der Waals surface area contributed by atoms with E-state index in [9.17, 15) is 18.0 Å². The van der Waals surface area contributed by atoms with Gasteiger partial charge in [-0.25, -0.2) is 8.42 Å². The molecule has 4 aromatic rings. The third-order valence-electron chi connectivity index (χ3n) is 7.14. The van der Waals surface area contributed by atoms with Gasteiger partial charge in [0.1, 0.15) is 24.1 Å². The molecule has 0 aromatic heterocycles. The summed E-state index contributed by atoms with van der Waals surface area (Å²) in [6, 6.07) is 25.4. The summed E-state index contributed by atoms with van der Waals surface area (Å²) < 4.78 is 40.3. The molecule has 1 atom stereocenters. The summed E-state index contributed by atoms with van der Waals surface area (Å²) in [6.07, 6.45) is 0.158. The molecule has 0 saturated heterocycles. The first-order valence-electron chi connectivity index (χ1n) is 13.9. The molecule has 9 nitrogen and oxygen atoms in total. The zero-order valence-corrected chi connectivity index (χ0v) is 27.3. The second-order valence-corrected chi connectivity index (χ2v) is 12.6. The number of carbonyl (C=O) groups excluding carboxylic acids is 2. The number of methoxy groups -OCH3 is 2. The Kier molecular flexibility index (Phi) is 11.3. The molecule has 0 aliphatic rings. The number of nitrogens with one attached hydrogen (secondary N) is 1. The van der Waals surface area contributed by atoms with Gasteiger partial charge in [0.05, 0.1) is 24.8 Å². The molecule has 1 unspecified atom stereocenters. The third kappa shape index (κ3) is 8.08. The Hall–Kier alpha value is -4.25. The second-order valence-electron chi connectivity index (χ2n) is 9.94. The molecule has 12 heteroatoms. The number of halogens is 2. The highest BCUT2D eigenvalue weighted by molar-refractivity contribution is 7.92. The van der Waals surface area contributed by atoms with Crippen LogP contribution in [0.1, 0.15) is 11.1 Å². The maximum absolute atomic E-state index is 14.5. The monoisotopic (exact) mass is 669 g/mol. The van der Waals surface area contributed by atoms with Crippen molar-refractivity contribution in [1.82, 2.24) is 10.2 Å². The van der Waals surface area contributed by atoms with Crippen molar-refractivity contribution in [2.24, 2.45) is 0 Å². The zero-order chi connectivity index (χ0) is 32.6. The molecule has 2 amide bonds. The minimum Gasteiger partial charge on any atom is -0.497 e. The van der Waals surface area contributed by atoms with E-state index in [4.69, 9.17) is 32.7 Å². The van der Waals surface area contributed by atoms with Gasteiger partial charge in [0.15, 0.2) is 0 Å². The smallest absolute Gasteiger partial charge is 0.264 e. The van der Waals surface area contributed by atoms with E-state index in [0.29, 0.717) is 21.4 Å². The lowest BCUT2D eigenvalue weighted by atomic mass is 10.0. The summed E-state index contributed by atoms with van der Waals surface area (Å²) in [5.74, 6) is -0.546. The SMILES string of the molecule is CNC(=O)C(Cc1ccccc1)N(Cc1ccc(Cl)cc1Cl)C(=O)CN(c1cc(OC)ccc1OC)S(=O)(=O)c1ccccc1. The van der Waals surface area contributed by atoms with Gasteiger partial charge in [-0.1, -0.05) is 77.8 Å². The Bertz CT molecular complexity index is 1740. The molecule has 4 rings (SSSR count). The predicted molar refractivity (Wildman–Crippen MR) is 176 cm³/mol. The van der Waals surface area contributed by atoms with Crippen LogP contribution in [0.5, 0.6) is 11.5 Å². The number of hydrogen-bond donors (Lipinski definition) is 1. The molecule has 0 radical (unpaired) electrons. The van der Waals surface area contributed by atoms with Crippen molar-refractivity contribution in [2.75, 3.05) is 32.1 Å². The Morgan fingerprint density at radius 3 is 2.13 bits per heavy atom. The fraction of sp³-hybridized carbons (Fsp3) is 0.212. The van der Waals surface area contributed by atoms with Crippen molar-refractivity contribution in [3.63, 3.8) is 0 Å². The van der Waals surface area contributed by atoms with Crippen molar-refractivity contribution in [2.45, 2.75) is 23.9 Å².